The molecule has 0 spiro atoms. The monoisotopic (exact) mass is 408 g/mol. The van der Waals surface area contributed by atoms with Crippen LogP contribution in [0, 0.1) is 6.92 Å². The first-order valence-corrected chi connectivity index (χ1v) is 10.0. The van der Waals surface area contributed by atoms with Crippen molar-refractivity contribution >= 4 is 28.8 Å². The minimum atomic E-state index is -0.144. The zero-order valence-electron chi connectivity index (χ0n) is 17.0. The minimum Gasteiger partial charge on any atom is -0.497 e. The molecular formula is C23H24N2O3S. The van der Waals surface area contributed by atoms with E-state index in [4.69, 9.17) is 4.74 Å². The van der Waals surface area contributed by atoms with Crippen molar-refractivity contribution in [1.82, 2.24) is 4.90 Å². The molecule has 0 atom stereocenters. The number of hydrogen-bond donors (Lipinski definition) is 1. The smallest absolute Gasteiger partial charge is 0.265 e. The standard InChI is InChI=1S/C23H24N2O3S/c1-15-20(17-7-11-19(28-4)12-8-17)14-21(29-15)23(27)24-18-9-5-16(6-10-18)13-22(26)25(2)3/h5-12,14H,13H2,1-4H3,(H,24,27). The number of hydrogen-bond acceptors (Lipinski definition) is 4. The van der Waals surface area contributed by atoms with Crippen molar-refractivity contribution in [2.24, 2.45) is 0 Å². The topological polar surface area (TPSA) is 58.6 Å². The highest BCUT2D eigenvalue weighted by atomic mass is 32.1. The SMILES string of the molecule is COc1ccc(-c2cc(C(=O)Nc3ccc(CC(=O)N(C)C)cc3)sc2C)cc1. The third-order valence-corrected chi connectivity index (χ3v) is 5.66. The van der Waals surface area contributed by atoms with Crippen molar-refractivity contribution < 1.29 is 14.3 Å². The third kappa shape index (κ3) is 5.03. The molecule has 0 saturated heterocycles. The van der Waals surface area contributed by atoms with Gasteiger partial charge in [-0.3, -0.25) is 9.59 Å². The molecule has 1 aromatic heterocycles. The maximum absolute atomic E-state index is 12.7. The van der Waals surface area contributed by atoms with Gasteiger partial charge in [-0.2, -0.15) is 0 Å². The second kappa shape index (κ2) is 8.92. The fraction of sp³-hybridized carbons (Fsp3) is 0.217. The summed E-state index contributed by atoms with van der Waals surface area (Å²) in [6.07, 6.45) is 0.344. The number of anilines is 1. The van der Waals surface area contributed by atoms with Gasteiger partial charge in [0.05, 0.1) is 18.4 Å². The molecule has 2 amide bonds. The van der Waals surface area contributed by atoms with Gasteiger partial charge in [-0.25, -0.2) is 0 Å². The molecule has 0 unspecified atom stereocenters. The molecule has 0 radical (unpaired) electrons. The van der Waals surface area contributed by atoms with Crippen molar-refractivity contribution in [3.8, 4) is 16.9 Å². The lowest BCUT2D eigenvalue weighted by Gasteiger charge is -2.10. The fourth-order valence-corrected chi connectivity index (χ4v) is 3.82. The van der Waals surface area contributed by atoms with Crippen LogP contribution in [0.4, 0.5) is 5.69 Å². The summed E-state index contributed by atoms with van der Waals surface area (Å²) in [5, 5.41) is 2.93. The van der Waals surface area contributed by atoms with Gasteiger partial charge in [-0.05, 0) is 53.9 Å². The van der Waals surface area contributed by atoms with Crippen LogP contribution in [0.3, 0.4) is 0 Å². The number of aryl methyl sites for hydroxylation is 1. The number of rotatable bonds is 6. The average Bonchev–Trinajstić information content (AvgIpc) is 3.11. The second-order valence-corrected chi connectivity index (χ2v) is 8.18. The van der Waals surface area contributed by atoms with Crippen LogP contribution in [0.1, 0.15) is 20.1 Å². The number of nitrogens with zero attached hydrogens (tertiary/aromatic N) is 1. The van der Waals surface area contributed by atoms with Crippen LogP contribution < -0.4 is 10.1 Å². The van der Waals surface area contributed by atoms with Gasteiger partial charge < -0.3 is 15.0 Å². The molecule has 2 aromatic carbocycles. The average molecular weight is 409 g/mol. The Bertz CT molecular complexity index is 1010. The number of nitrogens with one attached hydrogen (secondary N) is 1. The number of amides is 2. The van der Waals surface area contributed by atoms with Gasteiger partial charge in [-0.15, -0.1) is 11.3 Å². The molecule has 0 fully saturated rings. The summed E-state index contributed by atoms with van der Waals surface area (Å²) in [7, 11) is 5.11. The quantitative estimate of drug-likeness (QED) is 0.648. The Labute approximate surface area is 174 Å². The van der Waals surface area contributed by atoms with E-state index in [1.807, 2.05) is 61.5 Å². The molecule has 0 bridgehead atoms. The van der Waals surface area contributed by atoms with E-state index in [-0.39, 0.29) is 11.8 Å². The Balaban J connectivity index is 1.70. The van der Waals surface area contributed by atoms with Crippen molar-refractivity contribution in [2.75, 3.05) is 26.5 Å². The van der Waals surface area contributed by atoms with Gasteiger partial charge in [0.1, 0.15) is 5.75 Å². The molecule has 1 heterocycles. The van der Waals surface area contributed by atoms with Crippen LogP contribution in [0.15, 0.2) is 54.6 Å². The molecule has 0 aliphatic rings. The van der Waals surface area contributed by atoms with Crippen LogP contribution in [0.5, 0.6) is 5.75 Å². The van der Waals surface area contributed by atoms with Crippen molar-refractivity contribution in [3.63, 3.8) is 0 Å². The Morgan fingerprint density at radius 2 is 1.69 bits per heavy atom. The van der Waals surface area contributed by atoms with Gasteiger partial charge in [0, 0.05) is 24.7 Å². The Morgan fingerprint density at radius 1 is 1.03 bits per heavy atom. The first kappa shape index (κ1) is 20.6. The Morgan fingerprint density at radius 3 is 2.28 bits per heavy atom. The highest BCUT2D eigenvalue weighted by molar-refractivity contribution is 7.14. The van der Waals surface area contributed by atoms with E-state index >= 15 is 0 Å². The lowest BCUT2D eigenvalue weighted by atomic mass is 10.1. The van der Waals surface area contributed by atoms with Crippen LogP contribution in [-0.4, -0.2) is 37.9 Å². The molecule has 0 aliphatic carbocycles. The van der Waals surface area contributed by atoms with Gasteiger partial charge in [0.25, 0.3) is 5.91 Å². The molecule has 0 aliphatic heterocycles. The van der Waals surface area contributed by atoms with E-state index in [2.05, 4.69) is 5.32 Å². The number of carbonyl (C=O) groups excluding carboxylic acids is 2. The summed E-state index contributed by atoms with van der Waals surface area (Å²) in [5.41, 5.74) is 3.71. The van der Waals surface area contributed by atoms with Crippen LogP contribution >= 0.6 is 11.3 Å². The van der Waals surface area contributed by atoms with Crippen molar-refractivity contribution in [1.29, 1.82) is 0 Å². The molecule has 6 heteroatoms. The van der Waals surface area contributed by atoms with E-state index < -0.39 is 0 Å². The summed E-state index contributed by atoms with van der Waals surface area (Å²) < 4.78 is 5.20. The van der Waals surface area contributed by atoms with Gasteiger partial charge in [0.15, 0.2) is 0 Å². The normalized spacial score (nSPS) is 10.5. The molecule has 3 rings (SSSR count). The first-order valence-electron chi connectivity index (χ1n) is 9.22. The molecule has 5 nitrogen and oxygen atoms in total. The Hall–Kier alpha value is -3.12. The Kier molecular flexibility index (Phi) is 6.34. The van der Waals surface area contributed by atoms with Gasteiger partial charge in [0.2, 0.25) is 5.91 Å². The lowest BCUT2D eigenvalue weighted by Crippen LogP contribution is -2.23. The van der Waals surface area contributed by atoms with Crippen LogP contribution in [-0.2, 0) is 11.2 Å². The van der Waals surface area contributed by atoms with Gasteiger partial charge >= 0.3 is 0 Å². The van der Waals surface area contributed by atoms with E-state index in [9.17, 15) is 9.59 Å². The number of benzene rings is 2. The fourth-order valence-electron chi connectivity index (χ4n) is 2.88. The minimum absolute atomic E-state index is 0.0434. The number of thiophene rings is 1. The van der Waals surface area contributed by atoms with E-state index in [0.717, 1.165) is 27.3 Å². The molecule has 29 heavy (non-hydrogen) atoms. The largest absolute Gasteiger partial charge is 0.497 e. The predicted molar refractivity (Wildman–Crippen MR) is 118 cm³/mol. The number of ether oxygens (including phenoxy) is 1. The summed E-state index contributed by atoms with van der Waals surface area (Å²) in [6, 6.07) is 17.1. The van der Waals surface area contributed by atoms with E-state index in [1.165, 1.54) is 11.3 Å². The summed E-state index contributed by atoms with van der Waals surface area (Å²) in [4.78, 5) is 27.8. The number of methoxy groups -OCH3 is 1. The second-order valence-electron chi connectivity index (χ2n) is 6.93. The maximum Gasteiger partial charge on any atom is 0.265 e. The zero-order valence-corrected chi connectivity index (χ0v) is 17.8. The highest BCUT2D eigenvalue weighted by Crippen LogP contribution is 2.32. The first-order chi connectivity index (χ1) is 13.9. The summed E-state index contributed by atoms with van der Waals surface area (Å²) >= 11 is 1.47. The van der Waals surface area contributed by atoms with E-state index in [1.54, 1.807) is 26.1 Å². The molecular weight excluding hydrogens is 384 g/mol. The number of carbonyl (C=O) groups is 2. The van der Waals surface area contributed by atoms with Crippen molar-refractivity contribution in [3.05, 3.63) is 69.9 Å². The third-order valence-electron chi connectivity index (χ3n) is 4.61. The van der Waals surface area contributed by atoms with Gasteiger partial charge in [-0.1, -0.05) is 24.3 Å². The van der Waals surface area contributed by atoms with Crippen molar-refractivity contribution in [2.45, 2.75) is 13.3 Å². The van der Waals surface area contributed by atoms with Crippen LogP contribution in [0.25, 0.3) is 11.1 Å². The molecule has 1 N–H and O–H groups in total. The zero-order chi connectivity index (χ0) is 21.0. The molecule has 150 valence electrons. The van der Waals surface area contributed by atoms with E-state index in [0.29, 0.717) is 17.0 Å². The summed E-state index contributed by atoms with van der Waals surface area (Å²) in [6.45, 7) is 2.01. The highest BCUT2D eigenvalue weighted by Gasteiger charge is 2.14. The van der Waals surface area contributed by atoms with Crippen LogP contribution in [0.2, 0.25) is 0 Å². The molecule has 3 aromatic rings. The predicted octanol–water partition coefficient (Wildman–Crippen LogP) is 4.62. The number of likely N-dealkylation sites (N-methyl/N-ethyl adjacent to an activating group) is 1. The lowest BCUT2D eigenvalue weighted by molar-refractivity contribution is -0.127. The summed E-state index contributed by atoms with van der Waals surface area (Å²) in [5.74, 6) is 0.701. The molecule has 0 saturated carbocycles. The maximum atomic E-state index is 12.7.